The molecular formula is C23H33N4O3+. The maximum absolute atomic E-state index is 13.1. The van der Waals surface area contributed by atoms with E-state index in [1.165, 1.54) is 19.0 Å². The fourth-order valence-corrected chi connectivity index (χ4v) is 3.85. The molecule has 0 heterocycles. The number of rotatable bonds is 9. The van der Waals surface area contributed by atoms with Crippen molar-refractivity contribution in [1.29, 1.82) is 0 Å². The first-order valence-corrected chi connectivity index (χ1v) is 11.0. The molecule has 7 heteroatoms. The molecule has 0 bridgehead atoms. The summed E-state index contributed by atoms with van der Waals surface area (Å²) >= 11 is 0. The lowest BCUT2D eigenvalue weighted by Crippen LogP contribution is -3.14. The molecule has 0 aliphatic heterocycles. The number of benzene rings is 1. The molecule has 1 fully saturated rings. The summed E-state index contributed by atoms with van der Waals surface area (Å²) in [6.07, 6.45) is 8.78. The Kier molecular flexibility index (Phi) is 7.63. The quantitative estimate of drug-likeness (QED) is 0.579. The molecule has 2 aliphatic rings. The molecule has 3 rings (SSSR count). The first-order valence-electron chi connectivity index (χ1n) is 11.0. The van der Waals surface area contributed by atoms with Crippen LogP contribution in [0.4, 0.5) is 11.4 Å². The van der Waals surface area contributed by atoms with E-state index >= 15 is 0 Å². The molecule has 3 amide bonds. The van der Waals surface area contributed by atoms with Gasteiger partial charge >= 0.3 is 0 Å². The van der Waals surface area contributed by atoms with Crippen LogP contribution in [-0.2, 0) is 14.4 Å². The van der Waals surface area contributed by atoms with Gasteiger partial charge < -0.3 is 20.4 Å². The summed E-state index contributed by atoms with van der Waals surface area (Å²) < 4.78 is 0. The van der Waals surface area contributed by atoms with E-state index in [0.717, 1.165) is 37.0 Å². The van der Waals surface area contributed by atoms with Crippen LogP contribution in [0, 0.1) is 0 Å². The van der Waals surface area contributed by atoms with E-state index in [-0.39, 0.29) is 24.3 Å². The highest BCUT2D eigenvalue weighted by Gasteiger charge is 2.36. The van der Waals surface area contributed by atoms with Crippen molar-refractivity contribution in [3.63, 3.8) is 0 Å². The van der Waals surface area contributed by atoms with Gasteiger partial charge in [0.15, 0.2) is 13.1 Å². The number of quaternary nitrogens is 1. The first-order chi connectivity index (χ1) is 14.5. The molecule has 2 aliphatic carbocycles. The van der Waals surface area contributed by atoms with Crippen LogP contribution in [0.3, 0.4) is 0 Å². The molecule has 0 aromatic heterocycles. The number of anilines is 2. The fraction of sp³-hybridized carbons (Fsp3) is 0.522. The summed E-state index contributed by atoms with van der Waals surface area (Å²) in [5.41, 5.74) is 2.54. The highest BCUT2D eigenvalue weighted by molar-refractivity contribution is 5.92. The Labute approximate surface area is 178 Å². The molecule has 1 unspecified atom stereocenters. The van der Waals surface area contributed by atoms with Gasteiger partial charge in [-0.3, -0.25) is 14.4 Å². The summed E-state index contributed by atoms with van der Waals surface area (Å²) in [5, 5.41) is 5.58. The Balaban J connectivity index is 1.53. The van der Waals surface area contributed by atoms with Crippen molar-refractivity contribution in [1.82, 2.24) is 4.90 Å². The SMILES string of the molecule is CC[NH+](CC(=O)Nc1ccc(NC(C)=O)cc1)CC(=O)N(C1=CCCCC1)C1CC1. The number of hydrogen-bond acceptors (Lipinski definition) is 3. The number of likely N-dealkylation sites (N-methyl/N-ethyl adjacent to an activating group) is 1. The molecule has 3 N–H and O–H groups in total. The van der Waals surface area contributed by atoms with Crippen molar-refractivity contribution in [3.05, 3.63) is 36.0 Å². The van der Waals surface area contributed by atoms with E-state index in [1.807, 2.05) is 11.8 Å². The lowest BCUT2D eigenvalue weighted by Gasteiger charge is -2.29. The monoisotopic (exact) mass is 413 g/mol. The topological polar surface area (TPSA) is 83.0 Å². The van der Waals surface area contributed by atoms with Crippen LogP contribution < -0.4 is 15.5 Å². The minimum atomic E-state index is -0.136. The van der Waals surface area contributed by atoms with Gasteiger partial charge in [-0.1, -0.05) is 6.08 Å². The molecule has 0 saturated heterocycles. The van der Waals surface area contributed by atoms with Crippen molar-refractivity contribution in [3.8, 4) is 0 Å². The van der Waals surface area contributed by atoms with Crippen LogP contribution in [0.15, 0.2) is 36.0 Å². The molecule has 0 radical (unpaired) electrons. The Hall–Kier alpha value is -2.67. The Bertz CT molecular complexity index is 799. The molecule has 1 saturated carbocycles. The van der Waals surface area contributed by atoms with Gasteiger partial charge in [-0.05, 0) is 69.7 Å². The van der Waals surface area contributed by atoms with E-state index < -0.39 is 0 Å². The highest BCUT2D eigenvalue weighted by Crippen LogP contribution is 2.33. The Morgan fingerprint density at radius 1 is 1.03 bits per heavy atom. The van der Waals surface area contributed by atoms with Gasteiger partial charge in [-0.2, -0.15) is 0 Å². The second kappa shape index (κ2) is 10.4. The lowest BCUT2D eigenvalue weighted by molar-refractivity contribution is -0.881. The predicted octanol–water partition coefficient (Wildman–Crippen LogP) is 1.94. The molecule has 0 spiro atoms. The molecule has 162 valence electrons. The normalized spacial score (nSPS) is 16.9. The minimum absolute atomic E-state index is 0.123. The van der Waals surface area contributed by atoms with Gasteiger partial charge in [-0.25, -0.2) is 0 Å². The molecular weight excluding hydrogens is 380 g/mol. The zero-order valence-corrected chi connectivity index (χ0v) is 18.0. The number of hydrogen-bond donors (Lipinski definition) is 3. The van der Waals surface area contributed by atoms with Crippen LogP contribution in [-0.4, -0.2) is 48.3 Å². The number of carbonyl (C=O) groups excluding carboxylic acids is 3. The number of carbonyl (C=O) groups is 3. The molecule has 1 aromatic carbocycles. The zero-order valence-electron chi connectivity index (χ0n) is 18.0. The third kappa shape index (κ3) is 6.42. The van der Waals surface area contributed by atoms with Crippen molar-refractivity contribution >= 4 is 29.1 Å². The van der Waals surface area contributed by atoms with Gasteiger partial charge in [0.05, 0.1) is 6.54 Å². The summed E-state index contributed by atoms with van der Waals surface area (Å²) in [6, 6.07) is 7.36. The Morgan fingerprint density at radius 2 is 1.70 bits per heavy atom. The van der Waals surface area contributed by atoms with Gasteiger partial charge in [0.25, 0.3) is 11.8 Å². The second-order valence-electron chi connectivity index (χ2n) is 8.20. The highest BCUT2D eigenvalue weighted by atomic mass is 16.2. The van der Waals surface area contributed by atoms with Gasteiger partial charge in [-0.15, -0.1) is 0 Å². The van der Waals surface area contributed by atoms with Gasteiger partial charge in [0.1, 0.15) is 0 Å². The first kappa shape index (κ1) is 22.0. The molecule has 30 heavy (non-hydrogen) atoms. The minimum Gasteiger partial charge on any atom is -0.326 e. The molecule has 1 atom stereocenters. The van der Waals surface area contributed by atoms with Crippen LogP contribution in [0.2, 0.25) is 0 Å². The Morgan fingerprint density at radius 3 is 2.23 bits per heavy atom. The lowest BCUT2D eigenvalue weighted by atomic mass is 10.0. The van der Waals surface area contributed by atoms with Crippen LogP contribution in [0.25, 0.3) is 0 Å². The maximum atomic E-state index is 13.1. The summed E-state index contributed by atoms with van der Waals surface area (Å²) in [7, 11) is 0. The third-order valence-corrected chi connectivity index (χ3v) is 5.56. The van der Waals surface area contributed by atoms with Crippen molar-refractivity contribution < 1.29 is 19.3 Å². The van der Waals surface area contributed by atoms with E-state index in [0.29, 0.717) is 30.5 Å². The van der Waals surface area contributed by atoms with E-state index in [4.69, 9.17) is 0 Å². The number of allylic oxidation sites excluding steroid dienone is 2. The summed E-state index contributed by atoms with van der Waals surface area (Å²) in [6.45, 7) is 4.73. The van der Waals surface area contributed by atoms with Crippen LogP contribution in [0.1, 0.15) is 52.4 Å². The average molecular weight is 414 g/mol. The predicted molar refractivity (Wildman–Crippen MR) is 117 cm³/mol. The average Bonchev–Trinajstić information content (AvgIpc) is 3.54. The fourth-order valence-electron chi connectivity index (χ4n) is 3.85. The maximum Gasteiger partial charge on any atom is 0.282 e. The second-order valence-corrected chi connectivity index (χ2v) is 8.20. The van der Waals surface area contributed by atoms with E-state index in [1.54, 1.807) is 24.3 Å². The van der Waals surface area contributed by atoms with E-state index in [2.05, 4.69) is 16.7 Å². The van der Waals surface area contributed by atoms with Crippen molar-refractivity contribution in [2.75, 3.05) is 30.3 Å². The smallest absolute Gasteiger partial charge is 0.282 e. The van der Waals surface area contributed by atoms with Crippen molar-refractivity contribution in [2.45, 2.75) is 58.4 Å². The molecule has 1 aromatic rings. The summed E-state index contributed by atoms with van der Waals surface area (Å²) in [5.74, 6) is -0.125. The van der Waals surface area contributed by atoms with Crippen LogP contribution >= 0.6 is 0 Å². The molecule has 7 nitrogen and oxygen atoms in total. The third-order valence-electron chi connectivity index (χ3n) is 5.56. The van der Waals surface area contributed by atoms with E-state index in [9.17, 15) is 14.4 Å². The standard InChI is InChI=1S/C23H32N4O3/c1-3-26(15-22(29)25-19-11-9-18(10-12-19)24-17(2)28)16-23(30)27(21-13-14-21)20-7-5-4-6-8-20/h7,9-12,21H,3-6,8,13-16H2,1-2H3,(H,24,28)(H,25,29)/p+1. The van der Waals surface area contributed by atoms with Crippen molar-refractivity contribution in [2.24, 2.45) is 0 Å². The number of amides is 3. The van der Waals surface area contributed by atoms with Crippen LogP contribution in [0.5, 0.6) is 0 Å². The zero-order chi connectivity index (χ0) is 21.5. The van der Waals surface area contributed by atoms with Gasteiger partial charge in [0, 0.05) is 30.0 Å². The number of nitrogens with zero attached hydrogens (tertiary/aromatic N) is 1. The summed E-state index contributed by atoms with van der Waals surface area (Å²) in [4.78, 5) is 39.6. The largest absolute Gasteiger partial charge is 0.326 e. The number of nitrogens with one attached hydrogen (secondary N) is 3. The van der Waals surface area contributed by atoms with Gasteiger partial charge in [0.2, 0.25) is 5.91 Å².